The van der Waals surface area contributed by atoms with Gasteiger partial charge in [-0.3, -0.25) is 4.79 Å². The zero-order valence-electron chi connectivity index (χ0n) is 20.8. The third-order valence-corrected chi connectivity index (χ3v) is 8.41. The van der Waals surface area contributed by atoms with E-state index in [-0.39, 0.29) is 40.7 Å². The molecule has 38 heavy (non-hydrogen) atoms. The lowest BCUT2D eigenvalue weighted by atomic mass is 10.1. The van der Waals surface area contributed by atoms with Gasteiger partial charge in [0.25, 0.3) is 0 Å². The van der Waals surface area contributed by atoms with Crippen LogP contribution in [0.3, 0.4) is 0 Å². The number of benzene rings is 2. The second kappa shape index (κ2) is 10.6. The quantitative estimate of drug-likeness (QED) is 0.341. The number of piperazine rings is 1. The molecule has 5 rings (SSSR count). The van der Waals surface area contributed by atoms with E-state index in [0.717, 1.165) is 28.9 Å². The lowest BCUT2D eigenvalue weighted by Crippen LogP contribution is -2.50. The van der Waals surface area contributed by atoms with Gasteiger partial charge in [-0.15, -0.1) is 4.31 Å². The van der Waals surface area contributed by atoms with E-state index in [0.29, 0.717) is 37.9 Å². The number of ether oxygens (including phenoxy) is 1. The van der Waals surface area contributed by atoms with E-state index in [4.69, 9.17) is 4.74 Å². The minimum atomic E-state index is -1.16. The number of anilines is 1. The summed E-state index contributed by atoms with van der Waals surface area (Å²) in [5.41, 5.74) is -0.394. The summed E-state index contributed by atoms with van der Waals surface area (Å²) in [6, 6.07) is 4.67. The molecule has 202 valence electrons. The first-order chi connectivity index (χ1) is 18.1. The van der Waals surface area contributed by atoms with Gasteiger partial charge < -0.3 is 14.2 Å². The van der Waals surface area contributed by atoms with Gasteiger partial charge in [-0.2, -0.15) is 9.78 Å². The highest BCUT2D eigenvalue weighted by atomic mass is 32.2. The third-order valence-electron chi connectivity index (χ3n) is 6.73. The number of hydrogen-bond donors (Lipinski definition) is 0. The number of rotatable bonds is 6. The Balaban J connectivity index is 1.54. The molecule has 12 heteroatoms. The predicted molar refractivity (Wildman–Crippen MR) is 135 cm³/mol. The van der Waals surface area contributed by atoms with Gasteiger partial charge in [-0.1, -0.05) is 0 Å². The van der Waals surface area contributed by atoms with Crippen LogP contribution in [0.4, 0.5) is 23.2 Å². The largest absolute Gasteiger partial charge is 0.598 e. The minimum Gasteiger partial charge on any atom is -0.598 e. The van der Waals surface area contributed by atoms with Crippen molar-refractivity contribution < 1.29 is 26.9 Å². The number of nitrogens with zero attached hydrogens (tertiary/aromatic N) is 4. The van der Waals surface area contributed by atoms with Gasteiger partial charge in [-0.25, -0.2) is 17.6 Å². The first-order valence-electron chi connectivity index (χ1n) is 12.3. The highest BCUT2D eigenvalue weighted by Gasteiger charge is 2.34. The van der Waals surface area contributed by atoms with Crippen molar-refractivity contribution in [1.29, 1.82) is 0 Å². The molecular weight excluding hydrogens is 524 g/mol. The number of hydrogen-bond acceptors (Lipinski definition) is 6. The van der Waals surface area contributed by atoms with Gasteiger partial charge >= 0.3 is 5.56 Å². The van der Waals surface area contributed by atoms with Crippen molar-refractivity contribution in [3.8, 4) is 11.4 Å². The van der Waals surface area contributed by atoms with E-state index in [1.807, 2.05) is 23.1 Å². The zero-order chi connectivity index (χ0) is 27.1. The first kappa shape index (κ1) is 26.5. The van der Waals surface area contributed by atoms with Crippen LogP contribution in [0.2, 0.25) is 0 Å². The summed E-state index contributed by atoms with van der Waals surface area (Å²) in [7, 11) is 0. The lowest BCUT2D eigenvalue weighted by molar-refractivity contribution is 0.199. The van der Waals surface area contributed by atoms with Crippen molar-refractivity contribution in [1.82, 2.24) is 14.1 Å². The Labute approximate surface area is 219 Å². The predicted octanol–water partition coefficient (Wildman–Crippen LogP) is 4.05. The van der Waals surface area contributed by atoms with E-state index < -0.39 is 46.3 Å². The van der Waals surface area contributed by atoms with Crippen LogP contribution in [-0.2, 0) is 17.8 Å². The number of halogens is 4. The van der Waals surface area contributed by atoms with Crippen LogP contribution in [0.1, 0.15) is 37.5 Å². The second-order valence-electron chi connectivity index (χ2n) is 9.51. The standard InChI is InChI=1S/C26H26F4N4O3S/c1-15(2)38(36)33-9-7-32(8-10-33)22-14-31-34(18-12-16(27)11-17(28)13-18)26(35)25(22)37-23-6-3-19-20(29)4-5-21(30)24(19)23/h4-5,11-15,23H,3,6-10H2,1-2H3. The van der Waals surface area contributed by atoms with Gasteiger partial charge in [0.05, 0.1) is 25.0 Å². The van der Waals surface area contributed by atoms with E-state index in [1.54, 1.807) is 0 Å². The SMILES string of the molecule is CC(C)[S+]([O-])N1CCN(c2cnn(-c3cc(F)cc(F)c3)c(=O)c2OC2CCc3c(F)ccc(F)c32)CC1. The van der Waals surface area contributed by atoms with Gasteiger partial charge in [0, 0.05) is 36.1 Å². The monoisotopic (exact) mass is 550 g/mol. The topological polar surface area (TPSA) is 73.7 Å². The Bertz CT molecular complexity index is 1390. The van der Waals surface area contributed by atoms with E-state index >= 15 is 0 Å². The Hall–Kier alpha value is -3.09. The molecular formula is C26H26F4N4O3S. The number of aromatic nitrogens is 2. The molecule has 2 atom stereocenters. The highest BCUT2D eigenvalue weighted by Crippen LogP contribution is 2.39. The summed E-state index contributed by atoms with van der Waals surface area (Å²) in [4.78, 5) is 15.5. The third kappa shape index (κ3) is 4.99. The highest BCUT2D eigenvalue weighted by molar-refractivity contribution is 7.89. The normalized spacial score (nSPS) is 18.6. The summed E-state index contributed by atoms with van der Waals surface area (Å²) in [5, 5.41) is 4.10. The zero-order valence-corrected chi connectivity index (χ0v) is 21.6. The van der Waals surface area contributed by atoms with Crippen LogP contribution in [0.15, 0.2) is 41.3 Å². The fraction of sp³-hybridized carbons (Fsp3) is 0.385. The molecule has 0 N–H and O–H groups in total. The summed E-state index contributed by atoms with van der Waals surface area (Å²) in [6.45, 7) is 5.45. The summed E-state index contributed by atoms with van der Waals surface area (Å²) in [6.07, 6.45) is 0.880. The summed E-state index contributed by atoms with van der Waals surface area (Å²) >= 11 is -1.16. The molecule has 2 unspecified atom stereocenters. The molecule has 2 aliphatic rings. The van der Waals surface area contributed by atoms with Crippen LogP contribution in [-0.4, -0.2) is 50.1 Å². The van der Waals surface area contributed by atoms with Gasteiger partial charge in [-0.05, 0) is 56.5 Å². The van der Waals surface area contributed by atoms with E-state index in [1.165, 1.54) is 6.20 Å². The molecule has 1 fully saturated rings. The Kier molecular flexibility index (Phi) is 7.38. The molecule has 0 saturated carbocycles. The van der Waals surface area contributed by atoms with Crippen LogP contribution in [0.25, 0.3) is 5.69 Å². The van der Waals surface area contributed by atoms with E-state index in [2.05, 4.69) is 5.10 Å². The van der Waals surface area contributed by atoms with Crippen molar-refractivity contribution >= 4 is 17.0 Å². The lowest BCUT2D eigenvalue weighted by Gasteiger charge is -2.37. The van der Waals surface area contributed by atoms with Crippen LogP contribution < -0.4 is 15.2 Å². The minimum absolute atomic E-state index is 0.0459. The molecule has 0 spiro atoms. The molecule has 1 aromatic heterocycles. The Morgan fingerprint density at radius 3 is 2.34 bits per heavy atom. The molecule has 2 heterocycles. The molecule has 3 aromatic rings. The molecule has 1 aliphatic heterocycles. The van der Waals surface area contributed by atoms with Crippen molar-refractivity contribution in [3.05, 3.63) is 81.3 Å². The average Bonchev–Trinajstić information content (AvgIpc) is 3.31. The van der Waals surface area contributed by atoms with Crippen molar-refractivity contribution in [2.75, 3.05) is 31.1 Å². The molecule has 0 amide bonds. The van der Waals surface area contributed by atoms with Crippen LogP contribution >= 0.6 is 0 Å². The van der Waals surface area contributed by atoms with Gasteiger partial charge in [0.15, 0.2) is 0 Å². The van der Waals surface area contributed by atoms with Gasteiger partial charge in [0.1, 0.15) is 40.3 Å². The molecule has 7 nitrogen and oxygen atoms in total. The molecule has 1 saturated heterocycles. The molecule has 2 aromatic carbocycles. The maximum absolute atomic E-state index is 14.7. The van der Waals surface area contributed by atoms with Crippen molar-refractivity contribution in [2.24, 2.45) is 0 Å². The maximum Gasteiger partial charge on any atom is 0.316 e. The smallest absolute Gasteiger partial charge is 0.316 e. The number of fused-ring (bicyclic) bond motifs is 1. The second-order valence-corrected chi connectivity index (χ2v) is 11.5. The fourth-order valence-electron chi connectivity index (χ4n) is 4.91. The Morgan fingerprint density at radius 1 is 1.03 bits per heavy atom. The summed E-state index contributed by atoms with van der Waals surface area (Å²) < 4.78 is 78.2. The molecule has 1 aliphatic carbocycles. The van der Waals surface area contributed by atoms with Crippen molar-refractivity contribution in [2.45, 2.75) is 38.0 Å². The fourth-order valence-corrected chi connectivity index (χ4v) is 6.03. The van der Waals surface area contributed by atoms with Crippen LogP contribution in [0, 0.1) is 23.3 Å². The first-order valence-corrected chi connectivity index (χ1v) is 13.4. The van der Waals surface area contributed by atoms with Crippen molar-refractivity contribution in [3.63, 3.8) is 0 Å². The van der Waals surface area contributed by atoms with Gasteiger partial charge in [0.2, 0.25) is 5.75 Å². The Morgan fingerprint density at radius 2 is 1.68 bits per heavy atom. The maximum atomic E-state index is 14.7. The summed E-state index contributed by atoms with van der Waals surface area (Å²) in [5.74, 6) is -3.17. The van der Waals surface area contributed by atoms with E-state index in [9.17, 15) is 26.9 Å². The molecule has 0 bridgehead atoms. The average molecular weight is 551 g/mol. The molecule has 0 radical (unpaired) electrons. The van der Waals surface area contributed by atoms with Crippen LogP contribution in [0.5, 0.6) is 5.75 Å².